The Morgan fingerprint density at radius 3 is 0.717 bits per heavy atom. The topological polar surface area (TPSA) is 34.7 Å². The summed E-state index contributed by atoms with van der Waals surface area (Å²) >= 11 is 0. The standard InChI is InChI=1S/C33H82N8Si5/c1-42(2,3)37-19-17-34-16-18-35-20-26-38(43(4,5)6)30-32-40(45(10,11)12)28-23-36(22-25-37)24-29-41(46(13,14)15)33-31-39(27-21-35)44(7,8)9/h34H,16-33H2,1-15H3. The molecule has 3 aliphatic rings. The van der Waals surface area contributed by atoms with Gasteiger partial charge in [-0.25, -0.2) is 0 Å². The van der Waals surface area contributed by atoms with E-state index in [4.69, 9.17) is 0 Å². The average Bonchev–Trinajstić information content (AvgIpc) is 2.87. The van der Waals surface area contributed by atoms with Crippen molar-refractivity contribution in [2.24, 2.45) is 0 Å². The molecule has 0 saturated carbocycles. The van der Waals surface area contributed by atoms with Crippen molar-refractivity contribution in [2.45, 2.75) is 98.2 Å². The number of nitrogens with one attached hydrogen (secondary N) is 1. The number of hydrogen-bond acceptors (Lipinski definition) is 8. The first-order valence-electron chi connectivity index (χ1n) is 18.9. The van der Waals surface area contributed by atoms with Crippen LogP contribution in [0.15, 0.2) is 0 Å². The van der Waals surface area contributed by atoms with E-state index in [0.717, 1.165) is 19.6 Å². The molecule has 0 radical (unpaired) electrons. The third kappa shape index (κ3) is 15.8. The minimum absolute atomic E-state index is 1.10. The highest BCUT2D eigenvalue weighted by Gasteiger charge is 2.32. The lowest BCUT2D eigenvalue weighted by Crippen LogP contribution is -2.58. The number of fused-ring (bicyclic) bond motifs is 21. The van der Waals surface area contributed by atoms with E-state index in [9.17, 15) is 0 Å². The Bertz CT molecular complexity index is 811. The van der Waals surface area contributed by atoms with Crippen molar-refractivity contribution in [2.75, 3.05) is 118 Å². The van der Waals surface area contributed by atoms with Gasteiger partial charge >= 0.3 is 0 Å². The van der Waals surface area contributed by atoms with Crippen molar-refractivity contribution < 1.29 is 0 Å². The molecule has 0 amide bonds. The zero-order valence-corrected chi connectivity index (χ0v) is 38.9. The van der Waals surface area contributed by atoms with Crippen molar-refractivity contribution in [1.82, 2.24) is 37.9 Å². The fraction of sp³-hybridized carbons (Fsp3) is 1.00. The van der Waals surface area contributed by atoms with E-state index >= 15 is 0 Å². The maximum Gasteiger partial charge on any atom is 0.119 e. The van der Waals surface area contributed by atoms with E-state index in [0.29, 0.717) is 0 Å². The molecule has 3 aliphatic heterocycles. The van der Waals surface area contributed by atoms with Crippen LogP contribution in [-0.2, 0) is 0 Å². The van der Waals surface area contributed by atoms with E-state index in [2.05, 4.69) is 136 Å². The summed E-state index contributed by atoms with van der Waals surface area (Å²) in [6.45, 7) is 60.0. The summed E-state index contributed by atoms with van der Waals surface area (Å²) in [6, 6.07) is 0. The van der Waals surface area contributed by atoms with Crippen LogP contribution in [-0.4, -0.2) is 192 Å². The highest BCUT2D eigenvalue weighted by Crippen LogP contribution is 2.17. The Kier molecular flexibility index (Phi) is 17.1. The van der Waals surface area contributed by atoms with Gasteiger partial charge in [0.25, 0.3) is 0 Å². The first kappa shape index (κ1) is 42.9. The minimum atomic E-state index is -1.45. The summed E-state index contributed by atoms with van der Waals surface area (Å²) in [4.78, 5) is 5.69. The van der Waals surface area contributed by atoms with Gasteiger partial charge in [-0.15, -0.1) is 0 Å². The van der Waals surface area contributed by atoms with Gasteiger partial charge in [-0.05, 0) is 0 Å². The summed E-state index contributed by atoms with van der Waals surface area (Å²) in [5.74, 6) is 0. The molecule has 0 aromatic rings. The molecule has 3 heterocycles. The van der Waals surface area contributed by atoms with Crippen molar-refractivity contribution in [3.8, 4) is 0 Å². The van der Waals surface area contributed by atoms with E-state index in [1.54, 1.807) is 0 Å². The van der Waals surface area contributed by atoms with Gasteiger partial charge in [0.15, 0.2) is 0 Å². The Morgan fingerprint density at radius 2 is 0.457 bits per heavy atom. The van der Waals surface area contributed by atoms with Crippen molar-refractivity contribution >= 4 is 41.2 Å². The molecule has 8 nitrogen and oxygen atoms in total. The first-order valence-corrected chi connectivity index (χ1v) is 36.1. The molecule has 0 aliphatic carbocycles. The molecule has 0 spiro atoms. The van der Waals surface area contributed by atoms with Crippen LogP contribution in [0.2, 0.25) is 98.2 Å². The maximum atomic E-state index is 3.90. The van der Waals surface area contributed by atoms with Gasteiger partial charge < -0.3 is 28.1 Å². The first-order chi connectivity index (χ1) is 21.0. The molecule has 3 fully saturated rings. The molecular formula is C33H82N8Si5. The maximum absolute atomic E-state index is 3.90. The number of hydrogen-bond donors (Lipinski definition) is 1. The van der Waals surface area contributed by atoms with E-state index in [1.807, 2.05) is 0 Å². The summed E-state index contributed by atoms with van der Waals surface area (Å²) in [7, 11) is -7.19. The molecule has 0 aromatic carbocycles. The SMILES string of the molecule is C[Si](C)(C)N1CCNCCN2CCN([Si](C)(C)C)CCN([Si](C)(C)C)CCN(CC1)CCN([Si](C)(C)C)CCN([Si](C)(C)C)CC2. The van der Waals surface area contributed by atoms with Crippen molar-refractivity contribution in [3.05, 3.63) is 0 Å². The van der Waals surface area contributed by atoms with Gasteiger partial charge in [0.2, 0.25) is 0 Å². The zero-order valence-electron chi connectivity index (χ0n) is 33.9. The predicted molar refractivity (Wildman–Crippen MR) is 220 cm³/mol. The second kappa shape index (κ2) is 18.3. The summed E-state index contributed by atoms with van der Waals surface area (Å²) in [5.41, 5.74) is 0. The van der Waals surface area contributed by atoms with Crippen LogP contribution < -0.4 is 5.32 Å². The second-order valence-electron chi connectivity index (χ2n) is 19.2. The molecule has 0 atom stereocenters. The summed E-state index contributed by atoms with van der Waals surface area (Å²) < 4.78 is 14.6. The predicted octanol–water partition coefficient (Wildman–Crippen LogP) is 4.89. The summed E-state index contributed by atoms with van der Waals surface area (Å²) in [5, 5.41) is 3.90. The van der Waals surface area contributed by atoms with Gasteiger partial charge in [-0.3, -0.25) is 9.80 Å². The normalized spacial score (nSPS) is 26.7. The molecular weight excluding hydrogens is 649 g/mol. The van der Waals surface area contributed by atoms with Crippen LogP contribution in [0.5, 0.6) is 0 Å². The number of nitrogens with zero attached hydrogens (tertiary/aromatic N) is 7. The van der Waals surface area contributed by atoms with E-state index in [-0.39, 0.29) is 0 Å². The van der Waals surface area contributed by atoms with Gasteiger partial charge in [-0.1, -0.05) is 98.2 Å². The third-order valence-electron chi connectivity index (χ3n) is 10.6. The fourth-order valence-electron chi connectivity index (χ4n) is 6.95. The molecule has 274 valence electrons. The quantitative estimate of drug-likeness (QED) is 0.401. The average molecular weight is 732 g/mol. The van der Waals surface area contributed by atoms with Crippen molar-refractivity contribution in [1.29, 1.82) is 0 Å². The van der Waals surface area contributed by atoms with E-state index in [1.165, 1.54) is 98.2 Å². The second-order valence-corrected chi connectivity index (χ2v) is 44.1. The highest BCUT2D eigenvalue weighted by molar-refractivity contribution is 6.75. The lowest BCUT2D eigenvalue weighted by atomic mass is 10.3. The van der Waals surface area contributed by atoms with E-state index < -0.39 is 41.2 Å². The number of rotatable bonds is 5. The molecule has 2 bridgehead atoms. The van der Waals surface area contributed by atoms with Crippen LogP contribution in [0.1, 0.15) is 0 Å². The zero-order chi connectivity index (χ0) is 35.0. The van der Waals surface area contributed by atoms with Crippen LogP contribution in [0, 0.1) is 0 Å². The van der Waals surface area contributed by atoms with Gasteiger partial charge in [0.1, 0.15) is 41.2 Å². The molecule has 0 unspecified atom stereocenters. The minimum Gasteiger partial charge on any atom is -0.321 e. The van der Waals surface area contributed by atoms with Gasteiger partial charge in [0.05, 0.1) is 0 Å². The largest absolute Gasteiger partial charge is 0.321 e. The Labute approximate surface area is 294 Å². The third-order valence-corrected chi connectivity index (χ3v) is 22.3. The lowest BCUT2D eigenvalue weighted by molar-refractivity contribution is 0.192. The Balaban J connectivity index is 2.55. The summed E-state index contributed by atoms with van der Waals surface area (Å²) in [6.07, 6.45) is 0. The Hall–Kier alpha value is 0.764. The van der Waals surface area contributed by atoms with Crippen LogP contribution in [0.3, 0.4) is 0 Å². The monoisotopic (exact) mass is 731 g/mol. The Morgan fingerprint density at radius 1 is 0.261 bits per heavy atom. The molecule has 3 rings (SSSR count). The molecule has 3 saturated heterocycles. The molecule has 46 heavy (non-hydrogen) atoms. The van der Waals surface area contributed by atoms with Crippen LogP contribution in [0.4, 0.5) is 0 Å². The van der Waals surface area contributed by atoms with Crippen molar-refractivity contribution in [3.63, 3.8) is 0 Å². The van der Waals surface area contributed by atoms with Crippen LogP contribution in [0.25, 0.3) is 0 Å². The lowest BCUT2D eigenvalue weighted by Gasteiger charge is -2.43. The fourth-order valence-corrected chi connectivity index (χ4v) is 14.7. The molecule has 0 aromatic heterocycles. The molecule has 13 heteroatoms. The van der Waals surface area contributed by atoms with Gasteiger partial charge in [-0.2, -0.15) is 0 Å². The smallest absolute Gasteiger partial charge is 0.119 e. The van der Waals surface area contributed by atoms with Crippen LogP contribution >= 0.6 is 0 Å². The van der Waals surface area contributed by atoms with Gasteiger partial charge in [0, 0.05) is 118 Å². The molecule has 1 N–H and O–H groups in total. The highest BCUT2D eigenvalue weighted by atomic mass is 28.3.